The van der Waals surface area contributed by atoms with Crippen molar-refractivity contribution in [3.63, 3.8) is 0 Å². The first-order valence-electron chi connectivity index (χ1n) is 11.1. The Hall–Kier alpha value is -2.67. The Morgan fingerprint density at radius 1 is 1.12 bits per heavy atom. The van der Waals surface area contributed by atoms with Gasteiger partial charge in [0, 0.05) is 32.0 Å². The van der Waals surface area contributed by atoms with Crippen LogP contribution in [0.4, 0.5) is 13.2 Å². The number of hydrogen-bond acceptors (Lipinski definition) is 3. The summed E-state index contributed by atoms with van der Waals surface area (Å²) in [6.45, 7) is 3.69. The fourth-order valence-electron chi connectivity index (χ4n) is 4.87. The highest BCUT2D eigenvalue weighted by Gasteiger charge is 2.46. The second kappa shape index (κ2) is 9.45. The van der Waals surface area contributed by atoms with Gasteiger partial charge < -0.3 is 4.90 Å². The Morgan fingerprint density at radius 3 is 2.53 bits per heavy atom. The summed E-state index contributed by atoms with van der Waals surface area (Å²) in [6, 6.07) is 12.9. The molecule has 7 heteroatoms. The first kappa shape index (κ1) is 22.5. The molecule has 2 aliphatic rings. The highest BCUT2D eigenvalue weighted by atomic mass is 19.1. The van der Waals surface area contributed by atoms with Crippen LogP contribution in [0.1, 0.15) is 50.2 Å². The summed E-state index contributed by atoms with van der Waals surface area (Å²) in [4.78, 5) is 14.9. The molecule has 2 heterocycles. The summed E-state index contributed by atoms with van der Waals surface area (Å²) in [7, 11) is 0. The van der Waals surface area contributed by atoms with E-state index in [0.29, 0.717) is 31.4 Å². The lowest BCUT2D eigenvalue weighted by molar-refractivity contribution is -0.135. The number of nitrogens with zero attached hydrogens (tertiary/aromatic N) is 3. The smallest absolute Gasteiger partial charge is 0.240 e. The molecule has 0 radical (unpaired) electrons. The third kappa shape index (κ3) is 4.58. The highest BCUT2D eigenvalue weighted by molar-refractivity contribution is 6.03. The number of carbonyl (C=O) groups excluding carboxylic acids is 1. The minimum Gasteiger partial charge on any atom is -0.303 e. The van der Waals surface area contributed by atoms with Crippen molar-refractivity contribution in [2.24, 2.45) is 5.10 Å². The van der Waals surface area contributed by atoms with E-state index in [2.05, 4.69) is 10.0 Å². The molecule has 0 unspecified atom stereocenters. The van der Waals surface area contributed by atoms with Crippen molar-refractivity contribution in [3.8, 4) is 0 Å². The molecule has 2 aromatic carbocycles. The van der Waals surface area contributed by atoms with Gasteiger partial charge in [-0.25, -0.2) is 18.2 Å². The van der Waals surface area contributed by atoms with Gasteiger partial charge in [-0.05, 0) is 56.0 Å². The van der Waals surface area contributed by atoms with Crippen molar-refractivity contribution in [2.75, 3.05) is 19.6 Å². The van der Waals surface area contributed by atoms with Gasteiger partial charge in [-0.1, -0.05) is 30.3 Å². The van der Waals surface area contributed by atoms with E-state index in [4.69, 9.17) is 0 Å². The second-order valence-corrected chi connectivity index (χ2v) is 8.70. The number of benzene rings is 2. The van der Waals surface area contributed by atoms with E-state index in [9.17, 15) is 18.0 Å². The third-order valence-corrected chi connectivity index (χ3v) is 6.52. The molecule has 0 bridgehead atoms. The van der Waals surface area contributed by atoms with Gasteiger partial charge in [-0.15, -0.1) is 0 Å². The molecule has 2 aliphatic heterocycles. The summed E-state index contributed by atoms with van der Waals surface area (Å²) < 4.78 is 41.9. The number of likely N-dealkylation sites (tertiary alicyclic amines) is 1. The lowest BCUT2D eigenvalue weighted by Crippen LogP contribution is -2.43. The molecule has 1 saturated heterocycles. The van der Waals surface area contributed by atoms with Gasteiger partial charge in [0.15, 0.2) is 0 Å². The van der Waals surface area contributed by atoms with E-state index in [0.717, 1.165) is 49.8 Å². The van der Waals surface area contributed by atoms with E-state index >= 15 is 0 Å². The summed E-state index contributed by atoms with van der Waals surface area (Å²) in [5.41, 5.74) is 0.575. The fraction of sp³-hybridized carbons (Fsp3) is 0.440. The van der Waals surface area contributed by atoms with Crippen LogP contribution >= 0.6 is 0 Å². The van der Waals surface area contributed by atoms with Crippen LogP contribution in [0.15, 0.2) is 53.6 Å². The summed E-state index contributed by atoms with van der Waals surface area (Å²) in [5, 5.41) is 5.94. The van der Waals surface area contributed by atoms with Gasteiger partial charge >= 0.3 is 0 Å². The van der Waals surface area contributed by atoms with Crippen LogP contribution in [-0.4, -0.2) is 47.3 Å². The predicted octanol–water partition coefficient (Wildman–Crippen LogP) is 5.03. The molecule has 0 saturated carbocycles. The normalized spacial score (nSPS) is 22.2. The molecule has 170 valence electrons. The molecule has 32 heavy (non-hydrogen) atoms. The maximum absolute atomic E-state index is 14.5. The van der Waals surface area contributed by atoms with E-state index < -0.39 is 23.3 Å². The van der Waals surface area contributed by atoms with Gasteiger partial charge in [0.05, 0.1) is 11.3 Å². The fourth-order valence-corrected chi connectivity index (χ4v) is 4.87. The SMILES string of the molecule is CC(=O)N1N=C(c2cc(F)ccc2F)C[C@@]1(CCCN1CCC(F)CC1)c1ccccc1. The van der Waals surface area contributed by atoms with E-state index in [1.54, 1.807) is 0 Å². The van der Waals surface area contributed by atoms with Crippen LogP contribution in [0.3, 0.4) is 0 Å². The molecule has 0 spiro atoms. The van der Waals surface area contributed by atoms with Gasteiger partial charge in [0.25, 0.3) is 0 Å². The van der Waals surface area contributed by atoms with Crippen molar-refractivity contribution in [1.29, 1.82) is 0 Å². The molecule has 1 fully saturated rings. The Labute approximate surface area is 186 Å². The summed E-state index contributed by atoms with van der Waals surface area (Å²) in [5.74, 6) is -1.36. The summed E-state index contributed by atoms with van der Waals surface area (Å²) in [6.07, 6.45) is 2.05. The number of hydrogen-bond donors (Lipinski definition) is 0. The molecule has 4 rings (SSSR count). The van der Waals surface area contributed by atoms with Crippen molar-refractivity contribution in [2.45, 2.75) is 50.7 Å². The van der Waals surface area contributed by atoms with E-state index in [1.165, 1.54) is 11.9 Å². The molecule has 0 aromatic heterocycles. The van der Waals surface area contributed by atoms with Crippen LogP contribution in [0, 0.1) is 11.6 Å². The van der Waals surface area contributed by atoms with Gasteiger partial charge in [-0.3, -0.25) is 4.79 Å². The highest BCUT2D eigenvalue weighted by Crippen LogP contribution is 2.43. The van der Waals surface area contributed by atoms with Crippen LogP contribution in [0.5, 0.6) is 0 Å². The zero-order valence-electron chi connectivity index (χ0n) is 18.2. The number of halogens is 3. The minimum absolute atomic E-state index is 0.0825. The molecular formula is C25H28F3N3O. The lowest BCUT2D eigenvalue weighted by atomic mass is 9.80. The lowest BCUT2D eigenvalue weighted by Gasteiger charge is -2.37. The number of hydrazone groups is 1. The average Bonchev–Trinajstić information content (AvgIpc) is 3.18. The van der Waals surface area contributed by atoms with E-state index in [1.807, 2.05) is 30.3 Å². The molecular weight excluding hydrogens is 415 g/mol. The average molecular weight is 444 g/mol. The maximum atomic E-state index is 14.5. The first-order valence-corrected chi connectivity index (χ1v) is 11.1. The van der Waals surface area contributed by atoms with Gasteiger partial charge in [-0.2, -0.15) is 5.10 Å². The number of rotatable bonds is 6. The molecule has 1 atom stereocenters. The van der Waals surface area contributed by atoms with Crippen LogP contribution in [0.25, 0.3) is 0 Å². The van der Waals surface area contributed by atoms with Crippen LogP contribution in [-0.2, 0) is 10.3 Å². The Bertz CT molecular complexity index is 989. The third-order valence-electron chi connectivity index (χ3n) is 6.52. The number of alkyl halides is 1. The molecule has 2 aromatic rings. The van der Waals surface area contributed by atoms with Crippen LogP contribution < -0.4 is 0 Å². The topological polar surface area (TPSA) is 35.9 Å². The summed E-state index contributed by atoms with van der Waals surface area (Å²) >= 11 is 0. The molecule has 0 N–H and O–H groups in total. The van der Waals surface area contributed by atoms with Crippen molar-refractivity contribution in [1.82, 2.24) is 9.91 Å². The van der Waals surface area contributed by atoms with Crippen molar-refractivity contribution >= 4 is 11.6 Å². The number of amides is 1. The second-order valence-electron chi connectivity index (χ2n) is 8.70. The predicted molar refractivity (Wildman–Crippen MR) is 118 cm³/mol. The maximum Gasteiger partial charge on any atom is 0.240 e. The largest absolute Gasteiger partial charge is 0.303 e. The minimum atomic E-state index is -0.778. The zero-order chi connectivity index (χ0) is 22.7. The zero-order valence-corrected chi connectivity index (χ0v) is 18.2. The van der Waals surface area contributed by atoms with Crippen molar-refractivity contribution < 1.29 is 18.0 Å². The Morgan fingerprint density at radius 2 is 1.84 bits per heavy atom. The van der Waals surface area contributed by atoms with Gasteiger partial charge in [0.2, 0.25) is 5.91 Å². The quantitative estimate of drug-likeness (QED) is 0.628. The van der Waals surface area contributed by atoms with Crippen LogP contribution in [0.2, 0.25) is 0 Å². The number of piperidine rings is 1. The van der Waals surface area contributed by atoms with E-state index in [-0.39, 0.29) is 11.5 Å². The standard InChI is InChI=1S/C25H28F3N3O/c1-18(32)31-25(19-6-3-2-4-7-19,12-5-13-30-14-10-20(26)11-15-30)17-24(29-31)22-16-21(27)8-9-23(22)28/h2-4,6-9,16,20H,5,10-15,17H2,1H3/t25-/m0/s1. The Balaban J connectivity index is 1.63. The molecule has 4 nitrogen and oxygen atoms in total. The van der Waals surface area contributed by atoms with Crippen molar-refractivity contribution in [3.05, 3.63) is 71.3 Å². The molecule has 0 aliphatic carbocycles. The molecule has 1 amide bonds. The number of carbonyl (C=O) groups is 1. The Kier molecular flexibility index (Phi) is 6.65. The first-order chi connectivity index (χ1) is 15.4. The van der Waals surface area contributed by atoms with Gasteiger partial charge in [0.1, 0.15) is 17.8 Å². The monoisotopic (exact) mass is 443 g/mol.